The summed E-state index contributed by atoms with van der Waals surface area (Å²) in [7, 11) is 3.46. The lowest BCUT2D eigenvalue weighted by atomic mass is 10.2. The number of ether oxygens (including phenoxy) is 2. The number of thioether (sulfide) groups is 1. The average molecular weight is 467 g/mol. The Bertz CT molecular complexity index is 1380. The summed E-state index contributed by atoms with van der Waals surface area (Å²) in [5, 5.41) is 4.22. The fourth-order valence-electron chi connectivity index (χ4n) is 3.78. The van der Waals surface area contributed by atoms with Crippen LogP contribution in [0.2, 0.25) is 0 Å². The molecular weight excluding hydrogens is 440 g/mol. The first kappa shape index (κ1) is 22.7. The number of nitrogens with one attached hydrogen (secondary N) is 1. The number of carbonyl (C=O) groups is 1. The minimum absolute atomic E-state index is 0.124. The molecule has 33 heavy (non-hydrogen) atoms. The van der Waals surface area contributed by atoms with Gasteiger partial charge in [0.25, 0.3) is 5.56 Å². The molecule has 0 spiro atoms. The molecule has 0 radical (unpaired) electrons. The van der Waals surface area contributed by atoms with E-state index in [9.17, 15) is 9.59 Å². The molecule has 2 heterocycles. The second-order valence-electron chi connectivity index (χ2n) is 7.38. The van der Waals surface area contributed by atoms with Crippen molar-refractivity contribution < 1.29 is 14.3 Å². The summed E-state index contributed by atoms with van der Waals surface area (Å²) >= 11 is 1.24. The number of hydrogen-bond acceptors (Lipinski definition) is 6. The number of rotatable bonds is 8. The van der Waals surface area contributed by atoms with E-state index >= 15 is 0 Å². The van der Waals surface area contributed by atoms with Crippen molar-refractivity contribution in [2.24, 2.45) is 7.05 Å². The number of hydrogen-bond donors (Lipinski definition) is 1. The molecule has 0 unspecified atom stereocenters. The molecule has 4 rings (SSSR count). The Hall–Kier alpha value is -3.46. The standard InChI is InChI=1S/C24H26N4O4S/c1-5-28-23(30)22-21(18-13-17(31-4)11-12-19(18)27(22)3)26-24(28)33-14-20(29)25-15-7-9-16(10-8-15)32-6-2/h7-13H,5-6,14H2,1-4H3,(H,25,29). The van der Waals surface area contributed by atoms with Gasteiger partial charge in [-0.05, 0) is 56.3 Å². The number of nitrogens with zero attached hydrogens (tertiary/aromatic N) is 3. The number of benzene rings is 2. The van der Waals surface area contributed by atoms with E-state index in [0.29, 0.717) is 40.8 Å². The van der Waals surface area contributed by atoms with Gasteiger partial charge in [-0.3, -0.25) is 14.2 Å². The van der Waals surface area contributed by atoms with Gasteiger partial charge in [0.15, 0.2) is 5.16 Å². The van der Waals surface area contributed by atoms with Gasteiger partial charge in [-0.25, -0.2) is 4.98 Å². The van der Waals surface area contributed by atoms with Crippen molar-refractivity contribution in [3.63, 3.8) is 0 Å². The van der Waals surface area contributed by atoms with Crippen LogP contribution in [0, 0.1) is 0 Å². The van der Waals surface area contributed by atoms with Crippen LogP contribution in [0.1, 0.15) is 13.8 Å². The highest BCUT2D eigenvalue weighted by atomic mass is 32.2. The molecule has 2 aromatic heterocycles. The van der Waals surface area contributed by atoms with Crippen LogP contribution >= 0.6 is 11.8 Å². The van der Waals surface area contributed by atoms with Crippen LogP contribution < -0.4 is 20.3 Å². The fourth-order valence-corrected chi connectivity index (χ4v) is 4.63. The zero-order valence-electron chi connectivity index (χ0n) is 19.0. The first-order valence-corrected chi connectivity index (χ1v) is 11.7. The second-order valence-corrected chi connectivity index (χ2v) is 8.32. The van der Waals surface area contributed by atoms with E-state index < -0.39 is 0 Å². The summed E-state index contributed by atoms with van der Waals surface area (Å²) in [5.41, 5.74) is 2.59. The molecule has 0 saturated carbocycles. The minimum Gasteiger partial charge on any atom is -0.497 e. The number of carbonyl (C=O) groups excluding carboxylic acids is 1. The summed E-state index contributed by atoms with van der Waals surface area (Å²) in [4.78, 5) is 30.6. The molecule has 0 aliphatic carbocycles. The largest absolute Gasteiger partial charge is 0.497 e. The molecule has 9 heteroatoms. The summed E-state index contributed by atoms with van der Waals surface area (Å²) in [5.74, 6) is 1.39. The molecule has 0 saturated heterocycles. The van der Waals surface area contributed by atoms with Crippen LogP contribution in [-0.2, 0) is 18.4 Å². The molecule has 1 amide bonds. The molecule has 0 fully saturated rings. The van der Waals surface area contributed by atoms with E-state index in [-0.39, 0.29) is 17.2 Å². The summed E-state index contributed by atoms with van der Waals surface area (Å²) in [6.45, 7) is 4.85. The normalized spacial score (nSPS) is 11.2. The van der Waals surface area contributed by atoms with Crippen molar-refractivity contribution in [1.29, 1.82) is 0 Å². The SMILES string of the molecule is CCOc1ccc(NC(=O)CSc2nc3c4cc(OC)ccc4n(C)c3c(=O)n2CC)cc1. The highest BCUT2D eigenvalue weighted by Gasteiger charge is 2.19. The Morgan fingerprint density at radius 2 is 1.85 bits per heavy atom. The zero-order valence-corrected chi connectivity index (χ0v) is 19.9. The molecule has 1 N–H and O–H groups in total. The summed E-state index contributed by atoms with van der Waals surface area (Å²) < 4.78 is 14.2. The molecule has 0 bridgehead atoms. The number of fused-ring (bicyclic) bond motifs is 3. The van der Waals surface area contributed by atoms with Crippen molar-refractivity contribution in [3.8, 4) is 11.5 Å². The first-order valence-electron chi connectivity index (χ1n) is 10.7. The highest BCUT2D eigenvalue weighted by molar-refractivity contribution is 7.99. The molecule has 2 aromatic carbocycles. The van der Waals surface area contributed by atoms with Gasteiger partial charge in [-0.15, -0.1) is 0 Å². The molecule has 4 aromatic rings. The number of anilines is 1. The lowest BCUT2D eigenvalue weighted by molar-refractivity contribution is -0.113. The van der Waals surface area contributed by atoms with Crippen molar-refractivity contribution >= 4 is 45.3 Å². The van der Waals surface area contributed by atoms with Crippen LogP contribution in [0.4, 0.5) is 5.69 Å². The third kappa shape index (κ3) is 4.41. The second kappa shape index (κ2) is 9.58. The van der Waals surface area contributed by atoms with Gasteiger partial charge in [0.2, 0.25) is 5.91 Å². The topological polar surface area (TPSA) is 87.4 Å². The Kier molecular flexibility index (Phi) is 6.60. The van der Waals surface area contributed by atoms with E-state index in [1.165, 1.54) is 11.8 Å². The third-order valence-electron chi connectivity index (χ3n) is 5.36. The van der Waals surface area contributed by atoms with Crippen LogP contribution in [0.25, 0.3) is 21.9 Å². The first-order chi connectivity index (χ1) is 16.0. The van der Waals surface area contributed by atoms with Crippen LogP contribution in [-0.4, -0.2) is 39.5 Å². The maximum absolute atomic E-state index is 13.3. The third-order valence-corrected chi connectivity index (χ3v) is 6.34. The van der Waals surface area contributed by atoms with Crippen LogP contribution in [0.3, 0.4) is 0 Å². The van der Waals surface area contributed by atoms with E-state index in [4.69, 9.17) is 14.5 Å². The monoisotopic (exact) mass is 466 g/mol. The minimum atomic E-state index is -0.180. The Morgan fingerprint density at radius 3 is 2.52 bits per heavy atom. The van der Waals surface area contributed by atoms with Gasteiger partial charge in [0.05, 0.1) is 25.0 Å². The number of amides is 1. The molecule has 0 aliphatic heterocycles. The molecule has 0 atom stereocenters. The lowest BCUT2D eigenvalue weighted by Crippen LogP contribution is -2.24. The maximum atomic E-state index is 13.3. The van der Waals surface area contributed by atoms with E-state index in [1.807, 2.05) is 55.8 Å². The number of methoxy groups -OCH3 is 1. The molecule has 0 aliphatic rings. The average Bonchev–Trinajstić information content (AvgIpc) is 3.10. The fraction of sp³-hybridized carbons (Fsp3) is 0.292. The summed E-state index contributed by atoms with van der Waals surface area (Å²) in [6, 6.07) is 12.9. The predicted molar refractivity (Wildman–Crippen MR) is 132 cm³/mol. The Balaban J connectivity index is 1.62. The van der Waals surface area contributed by atoms with E-state index in [2.05, 4.69) is 5.32 Å². The highest BCUT2D eigenvalue weighted by Crippen LogP contribution is 2.30. The smallest absolute Gasteiger partial charge is 0.278 e. The molecular formula is C24H26N4O4S. The van der Waals surface area contributed by atoms with Gasteiger partial charge < -0.3 is 19.4 Å². The van der Waals surface area contributed by atoms with Crippen molar-refractivity contribution in [1.82, 2.24) is 14.1 Å². The van der Waals surface area contributed by atoms with Gasteiger partial charge in [-0.1, -0.05) is 11.8 Å². The zero-order chi connectivity index (χ0) is 23.5. The van der Waals surface area contributed by atoms with Crippen LogP contribution in [0.5, 0.6) is 11.5 Å². The van der Waals surface area contributed by atoms with E-state index in [1.54, 1.807) is 23.8 Å². The molecule has 8 nitrogen and oxygen atoms in total. The molecule has 172 valence electrons. The van der Waals surface area contributed by atoms with Gasteiger partial charge in [-0.2, -0.15) is 0 Å². The summed E-state index contributed by atoms with van der Waals surface area (Å²) in [6.07, 6.45) is 0. The van der Waals surface area contributed by atoms with Gasteiger partial charge >= 0.3 is 0 Å². The van der Waals surface area contributed by atoms with Gasteiger partial charge in [0, 0.05) is 24.7 Å². The van der Waals surface area contributed by atoms with Crippen molar-refractivity contribution in [3.05, 3.63) is 52.8 Å². The quantitative estimate of drug-likeness (QED) is 0.311. The van der Waals surface area contributed by atoms with Gasteiger partial charge in [0.1, 0.15) is 22.5 Å². The Labute approximate surface area is 195 Å². The maximum Gasteiger partial charge on any atom is 0.278 e. The van der Waals surface area contributed by atoms with Crippen LogP contribution in [0.15, 0.2) is 52.4 Å². The number of aryl methyl sites for hydroxylation is 1. The van der Waals surface area contributed by atoms with Crippen molar-refractivity contribution in [2.75, 3.05) is 24.8 Å². The van der Waals surface area contributed by atoms with Crippen molar-refractivity contribution in [2.45, 2.75) is 25.5 Å². The lowest BCUT2D eigenvalue weighted by Gasteiger charge is -2.11. The number of aromatic nitrogens is 3. The van der Waals surface area contributed by atoms with E-state index in [0.717, 1.165) is 16.7 Å². The predicted octanol–water partition coefficient (Wildman–Crippen LogP) is 4.05. The Morgan fingerprint density at radius 1 is 1.12 bits per heavy atom.